The fourth-order valence-electron chi connectivity index (χ4n) is 1.72. The molecule has 2 aromatic rings. The Balaban J connectivity index is 2.14. The van der Waals surface area contributed by atoms with Crippen LogP contribution in [0.3, 0.4) is 0 Å². The molecular weight excluding hydrogens is 178 g/mol. The molecule has 1 N–H and O–H groups in total. The van der Waals surface area contributed by atoms with E-state index in [9.17, 15) is 0 Å². The van der Waals surface area contributed by atoms with Gasteiger partial charge >= 0.3 is 0 Å². The zero-order valence-electron chi connectivity index (χ0n) is 7.95. The predicted octanol–water partition coefficient (Wildman–Crippen LogP) is 2.25. The Kier molecular flexibility index (Phi) is 1.50. The lowest BCUT2D eigenvalue weighted by atomic mass is 10.1. The van der Waals surface area contributed by atoms with E-state index in [1.54, 1.807) is 0 Å². The Morgan fingerprint density at radius 3 is 3.00 bits per heavy atom. The maximum absolute atomic E-state index is 5.34. The third-order valence-electron chi connectivity index (χ3n) is 2.59. The minimum absolute atomic E-state index is 0.572. The zero-order valence-corrected chi connectivity index (χ0v) is 7.95. The number of hydrogen-bond acceptors (Lipinski definition) is 3. The molecule has 0 saturated heterocycles. The molecule has 0 bridgehead atoms. The van der Waals surface area contributed by atoms with Crippen molar-refractivity contribution < 1.29 is 4.52 Å². The van der Waals surface area contributed by atoms with E-state index >= 15 is 0 Å². The molecule has 0 amide bonds. The Hall–Kier alpha value is -1.58. The van der Waals surface area contributed by atoms with Gasteiger partial charge in [0.2, 0.25) is 0 Å². The molecule has 3 rings (SSSR count). The first-order chi connectivity index (χ1) is 6.86. The molecule has 14 heavy (non-hydrogen) atoms. The molecule has 0 radical (unpaired) electrons. The number of rotatable bonds is 2. The summed E-state index contributed by atoms with van der Waals surface area (Å²) in [5.74, 6) is 1.58. The van der Waals surface area contributed by atoms with Gasteiger partial charge in [0.15, 0.2) is 0 Å². The average Bonchev–Trinajstić information content (AvgIpc) is 2.75. The summed E-state index contributed by atoms with van der Waals surface area (Å²) in [5, 5.41) is 11.0. The lowest BCUT2D eigenvalue weighted by Gasteiger charge is -1.95. The lowest BCUT2D eigenvalue weighted by molar-refractivity contribution is 0.381. The number of nitrogens with zero attached hydrogens (tertiary/aromatic N) is 2. The van der Waals surface area contributed by atoms with Gasteiger partial charge in [0.1, 0.15) is 5.76 Å². The van der Waals surface area contributed by atoms with E-state index in [2.05, 4.69) is 15.4 Å². The number of aromatic amines is 1. The second kappa shape index (κ2) is 2.70. The Labute approximate surface area is 81.3 Å². The van der Waals surface area contributed by atoms with Crippen LogP contribution in [0.1, 0.15) is 30.2 Å². The van der Waals surface area contributed by atoms with Crippen LogP contribution in [0, 0.1) is 6.92 Å². The van der Waals surface area contributed by atoms with Crippen molar-refractivity contribution in [2.75, 3.05) is 0 Å². The van der Waals surface area contributed by atoms with Gasteiger partial charge < -0.3 is 4.52 Å². The van der Waals surface area contributed by atoms with Crippen LogP contribution in [0.2, 0.25) is 0 Å². The standard InChI is InChI=1S/C10H11N3O/c1-6-9(8-4-5-11-12-8)10(14-13-6)7-2-3-7/h4-5,7H,2-3H2,1H3,(H,11,12). The second-order valence-electron chi connectivity index (χ2n) is 3.74. The predicted molar refractivity (Wildman–Crippen MR) is 50.8 cm³/mol. The molecule has 1 fully saturated rings. The molecule has 1 aliphatic rings. The molecule has 2 aromatic heterocycles. The Bertz CT molecular complexity index is 440. The highest BCUT2D eigenvalue weighted by atomic mass is 16.5. The Morgan fingerprint density at radius 2 is 2.36 bits per heavy atom. The van der Waals surface area contributed by atoms with E-state index in [-0.39, 0.29) is 0 Å². The van der Waals surface area contributed by atoms with Gasteiger partial charge in [0.05, 0.1) is 17.0 Å². The monoisotopic (exact) mass is 189 g/mol. The van der Waals surface area contributed by atoms with Crippen LogP contribution in [-0.4, -0.2) is 15.4 Å². The smallest absolute Gasteiger partial charge is 0.149 e. The largest absolute Gasteiger partial charge is 0.360 e. The van der Waals surface area contributed by atoms with Crippen molar-refractivity contribution in [1.29, 1.82) is 0 Å². The molecule has 72 valence electrons. The topological polar surface area (TPSA) is 54.7 Å². The number of aryl methyl sites for hydroxylation is 1. The summed E-state index contributed by atoms with van der Waals surface area (Å²) in [6.45, 7) is 1.96. The summed E-state index contributed by atoms with van der Waals surface area (Å²) in [5.41, 5.74) is 2.94. The second-order valence-corrected chi connectivity index (χ2v) is 3.74. The maximum Gasteiger partial charge on any atom is 0.149 e. The molecule has 0 spiro atoms. The van der Waals surface area contributed by atoms with Crippen molar-refractivity contribution in [3.63, 3.8) is 0 Å². The van der Waals surface area contributed by atoms with Crippen LogP contribution >= 0.6 is 0 Å². The highest BCUT2D eigenvalue weighted by molar-refractivity contribution is 5.64. The number of nitrogens with one attached hydrogen (secondary N) is 1. The van der Waals surface area contributed by atoms with Gasteiger partial charge in [-0.2, -0.15) is 5.10 Å². The van der Waals surface area contributed by atoms with E-state index in [1.165, 1.54) is 12.8 Å². The molecule has 1 saturated carbocycles. The summed E-state index contributed by atoms with van der Waals surface area (Å²) in [6, 6.07) is 1.95. The van der Waals surface area contributed by atoms with Crippen LogP contribution < -0.4 is 0 Å². The first-order valence-corrected chi connectivity index (χ1v) is 4.82. The summed E-state index contributed by atoms with van der Waals surface area (Å²) < 4.78 is 5.34. The van der Waals surface area contributed by atoms with Crippen molar-refractivity contribution in [3.8, 4) is 11.3 Å². The van der Waals surface area contributed by atoms with Gasteiger partial charge in [-0.3, -0.25) is 5.10 Å². The van der Waals surface area contributed by atoms with Gasteiger partial charge in [-0.25, -0.2) is 0 Å². The fraction of sp³-hybridized carbons (Fsp3) is 0.400. The summed E-state index contributed by atoms with van der Waals surface area (Å²) in [6.07, 6.45) is 4.25. The number of hydrogen-bond donors (Lipinski definition) is 1. The van der Waals surface area contributed by atoms with Crippen LogP contribution in [0.4, 0.5) is 0 Å². The first kappa shape index (κ1) is 7.79. The van der Waals surface area contributed by atoms with Crippen molar-refractivity contribution in [3.05, 3.63) is 23.7 Å². The van der Waals surface area contributed by atoms with Gasteiger partial charge in [0, 0.05) is 12.1 Å². The van der Waals surface area contributed by atoms with Crippen LogP contribution in [0.25, 0.3) is 11.3 Å². The quantitative estimate of drug-likeness (QED) is 0.788. The van der Waals surface area contributed by atoms with Crippen molar-refractivity contribution in [1.82, 2.24) is 15.4 Å². The van der Waals surface area contributed by atoms with E-state index in [0.717, 1.165) is 22.7 Å². The number of H-pyrrole nitrogens is 1. The molecule has 4 nitrogen and oxygen atoms in total. The first-order valence-electron chi connectivity index (χ1n) is 4.82. The molecule has 2 heterocycles. The van der Waals surface area contributed by atoms with Crippen molar-refractivity contribution in [2.45, 2.75) is 25.7 Å². The number of aromatic nitrogens is 3. The molecular formula is C10H11N3O. The molecule has 4 heteroatoms. The third-order valence-corrected chi connectivity index (χ3v) is 2.59. The summed E-state index contributed by atoms with van der Waals surface area (Å²) in [4.78, 5) is 0. The van der Waals surface area contributed by atoms with Crippen molar-refractivity contribution in [2.24, 2.45) is 0 Å². The molecule has 1 aliphatic carbocycles. The van der Waals surface area contributed by atoms with Crippen LogP contribution in [0.5, 0.6) is 0 Å². The third kappa shape index (κ3) is 1.07. The van der Waals surface area contributed by atoms with E-state index in [0.29, 0.717) is 5.92 Å². The highest BCUT2D eigenvalue weighted by Crippen LogP contribution is 2.44. The van der Waals surface area contributed by atoms with E-state index in [4.69, 9.17) is 4.52 Å². The van der Waals surface area contributed by atoms with Gasteiger partial charge in [-0.1, -0.05) is 5.16 Å². The Morgan fingerprint density at radius 1 is 1.50 bits per heavy atom. The van der Waals surface area contributed by atoms with Gasteiger partial charge in [0.25, 0.3) is 0 Å². The van der Waals surface area contributed by atoms with E-state index in [1.807, 2.05) is 19.2 Å². The van der Waals surface area contributed by atoms with E-state index < -0.39 is 0 Å². The molecule has 0 atom stereocenters. The normalized spacial score (nSPS) is 16.1. The zero-order chi connectivity index (χ0) is 9.54. The summed E-state index contributed by atoms with van der Waals surface area (Å²) in [7, 11) is 0. The highest BCUT2D eigenvalue weighted by Gasteiger charge is 2.32. The fourth-order valence-corrected chi connectivity index (χ4v) is 1.72. The summed E-state index contributed by atoms with van der Waals surface area (Å²) >= 11 is 0. The molecule has 0 aromatic carbocycles. The maximum atomic E-state index is 5.34. The van der Waals surface area contributed by atoms with Crippen molar-refractivity contribution >= 4 is 0 Å². The SMILES string of the molecule is Cc1noc(C2CC2)c1-c1cc[nH]n1. The lowest BCUT2D eigenvalue weighted by Crippen LogP contribution is -1.84. The molecule has 0 aliphatic heterocycles. The minimum Gasteiger partial charge on any atom is -0.360 e. The van der Waals surface area contributed by atoms with Crippen LogP contribution in [-0.2, 0) is 0 Å². The average molecular weight is 189 g/mol. The van der Waals surface area contributed by atoms with Gasteiger partial charge in [-0.15, -0.1) is 0 Å². The molecule has 0 unspecified atom stereocenters. The van der Waals surface area contributed by atoms with Gasteiger partial charge in [-0.05, 0) is 25.8 Å². The van der Waals surface area contributed by atoms with Crippen LogP contribution in [0.15, 0.2) is 16.8 Å². The minimum atomic E-state index is 0.572.